The number of Topliss-reactive ketones (excluding diaryl/α,β-unsaturated/α-hetero) is 1. The van der Waals surface area contributed by atoms with E-state index in [2.05, 4.69) is 25.5 Å². The van der Waals surface area contributed by atoms with Crippen molar-refractivity contribution in [3.8, 4) is 27.6 Å². The van der Waals surface area contributed by atoms with Crippen LogP contribution in [0.15, 0.2) is 72.1 Å². The van der Waals surface area contributed by atoms with Gasteiger partial charge in [-0.2, -0.15) is 10.1 Å². The van der Waals surface area contributed by atoms with Crippen molar-refractivity contribution in [2.75, 3.05) is 12.4 Å². The Labute approximate surface area is 224 Å². The summed E-state index contributed by atoms with van der Waals surface area (Å²) in [6, 6.07) is 21.2. The Kier molecular flexibility index (Phi) is 7.02. The normalized spacial score (nSPS) is 11.6. The van der Waals surface area contributed by atoms with Gasteiger partial charge >= 0.3 is 5.97 Å². The molecule has 5 aromatic rings. The van der Waals surface area contributed by atoms with Crippen LogP contribution in [0, 0.1) is 4.77 Å². The van der Waals surface area contributed by atoms with Crippen molar-refractivity contribution in [3.05, 3.63) is 82.6 Å². The second-order valence-electron chi connectivity index (χ2n) is 7.90. The fourth-order valence-electron chi connectivity index (χ4n) is 3.71. The van der Waals surface area contributed by atoms with Gasteiger partial charge < -0.3 is 4.74 Å². The fraction of sp³-hybridized carbons (Fsp3) is 0.0800. The monoisotopic (exact) mass is 545 g/mol. The van der Waals surface area contributed by atoms with Crippen molar-refractivity contribution in [2.24, 2.45) is 0 Å². The second kappa shape index (κ2) is 10.7. The van der Waals surface area contributed by atoms with Crippen molar-refractivity contribution in [2.45, 2.75) is 5.92 Å². The molecule has 5 rings (SSSR count). The van der Waals surface area contributed by atoms with Crippen LogP contribution in [0.4, 0.5) is 5.95 Å². The Balaban J connectivity index is 1.52. The summed E-state index contributed by atoms with van der Waals surface area (Å²) in [7, 11) is 1.13. The molecule has 2 aromatic carbocycles. The third kappa shape index (κ3) is 5.05. The zero-order valence-electron chi connectivity index (χ0n) is 19.7. The van der Waals surface area contributed by atoms with Crippen LogP contribution in [0.5, 0.6) is 0 Å². The summed E-state index contributed by atoms with van der Waals surface area (Å²) in [5.74, 6) is -4.72. The van der Waals surface area contributed by atoms with E-state index in [4.69, 9.17) is 22.1 Å². The van der Waals surface area contributed by atoms with E-state index in [9.17, 15) is 14.4 Å². The number of hydrogen-bond donors (Lipinski definition) is 3. The standard InChI is InChI=1S/C25H19N7O4S2/c1-36-22(35)19(20(33)21(34)27-23-28-24(37)30-29-23)17-13-38-25(26-17)32-18(15-10-6-3-7-11-15)12-16(31-32)14-8-4-2-5-9-14/h2-13,19H,1H3,(H3,27,28,29,30,34,37)/t19-/m1/s1. The number of rotatable bonds is 8. The maximum atomic E-state index is 13.0. The molecule has 38 heavy (non-hydrogen) atoms. The third-order valence-corrected chi connectivity index (χ3v) is 6.52. The number of ether oxygens (including phenoxy) is 1. The Morgan fingerprint density at radius 3 is 2.32 bits per heavy atom. The quantitative estimate of drug-likeness (QED) is 0.115. The average molecular weight is 546 g/mol. The highest BCUT2D eigenvalue weighted by Crippen LogP contribution is 2.31. The molecular formula is C25H19N7O4S2. The lowest BCUT2D eigenvalue weighted by molar-refractivity contribution is -0.148. The summed E-state index contributed by atoms with van der Waals surface area (Å²) in [4.78, 5) is 46.6. The summed E-state index contributed by atoms with van der Waals surface area (Å²) in [6.07, 6.45) is 0. The Morgan fingerprint density at radius 1 is 1.00 bits per heavy atom. The molecule has 13 heteroatoms. The molecule has 0 fully saturated rings. The lowest BCUT2D eigenvalue weighted by Gasteiger charge is -2.10. The van der Waals surface area contributed by atoms with Gasteiger partial charge in [-0.05, 0) is 18.3 Å². The maximum Gasteiger partial charge on any atom is 0.323 e. The van der Waals surface area contributed by atoms with Crippen LogP contribution in [0.2, 0.25) is 0 Å². The number of nitrogens with one attached hydrogen (secondary N) is 3. The van der Waals surface area contributed by atoms with Gasteiger partial charge in [0.2, 0.25) is 21.6 Å². The van der Waals surface area contributed by atoms with Crippen LogP contribution in [-0.4, -0.2) is 54.7 Å². The Hall–Kier alpha value is -4.75. The zero-order valence-corrected chi connectivity index (χ0v) is 21.4. The molecule has 190 valence electrons. The van der Waals surface area contributed by atoms with E-state index in [-0.39, 0.29) is 16.4 Å². The first-order valence-electron chi connectivity index (χ1n) is 11.2. The van der Waals surface area contributed by atoms with Gasteiger partial charge in [0.1, 0.15) is 0 Å². The van der Waals surface area contributed by atoms with Crippen molar-refractivity contribution in [1.29, 1.82) is 0 Å². The van der Waals surface area contributed by atoms with Crippen molar-refractivity contribution < 1.29 is 19.1 Å². The molecule has 0 saturated heterocycles. The van der Waals surface area contributed by atoms with E-state index in [1.165, 1.54) is 16.7 Å². The number of carbonyl (C=O) groups is 3. The minimum absolute atomic E-state index is 0.0581. The van der Waals surface area contributed by atoms with Crippen LogP contribution in [0.1, 0.15) is 11.6 Å². The number of carbonyl (C=O) groups excluding carboxylic acids is 3. The summed E-state index contributed by atoms with van der Waals surface area (Å²) < 4.78 is 6.55. The highest BCUT2D eigenvalue weighted by molar-refractivity contribution is 7.71. The summed E-state index contributed by atoms with van der Waals surface area (Å²) in [5, 5.41) is 14.0. The van der Waals surface area contributed by atoms with Crippen LogP contribution in [0.25, 0.3) is 27.6 Å². The van der Waals surface area contributed by atoms with E-state index in [0.29, 0.717) is 5.13 Å². The number of anilines is 1. The molecule has 1 atom stereocenters. The lowest BCUT2D eigenvalue weighted by atomic mass is 10.0. The number of thiazole rings is 1. The largest absolute Gasteiger partial charge is 0.468 e. The Morgan fingerprint density at radius 2 is 1.68 bits per heavy atom. The molecular weight excluding hydrogens is 526 g/mol. The molecule has 0 bridgehead atoms. The average Bonchev–Trinajstić information content (AvgIpc) is 3.69. The van der Waals surface area contributed by atoms with Crippen LogP contribution in [0.3, 0.4) is 0 Å². The van der Waals surface area contributed by atoms with Gasteiger partial charge in [0.15, 0.2) is 5.92 Å². The van der Waals surface area contributed by atoms with Crippen molar-refractivity contribution >= 4 is 47.2 Å². The number of amides is 1. The number of aromatic nitrogens is 6. The lowest BCUT2D eigenvalue weighted by Crippen LogP contribution is -2.33. The van der Waals surface area contributed by atoms with Gasteiger partial charge in [0.05, 0.1) is 24.2 Å². The smallest absolute Gasteiger partial charge is 0.323 e. The molecule has 3 N–H and O–H groups in total. The van der Waals surface area contributed by atoms with Gasteiger partial charge in [-0.15, -0.1) is 11.3 Å². The van der Waals surface area contributed by atoms with Gasteiger partial charge in [-0.25, -0.2) is 9.67 Å². The predicted molar refractivity (Wildman–Crippen MR) is 142 cm³/mol. The zero-order chi connectivity index (χ0) is 26.6. The maximum absolute atomic E-state index is 13.0. The van der Waals surface area contributed by atoms with Crippen LogP contribution in [-0.2, 0) is 19.1 Å². The first kappa shape index (κ1) is 24.9. The molecule has 0 saturated carbocycles. The molecule has 3 heterocycles. The summed E-state index contributed by atoms with van der Waals surface area (Å²) >= 11 is 6.02. The molecule has 0 aliphatic heterocycles. The van der Waals surface area contributed by atoms with Crippen molar-refractivity contribution in [1.82, 2.24) is 29.9 Å². The molecule has 0 aliphatic carbocycles. The number of aromatic amines is 2. The molecule has 0 spiro atoms. The highest BCUT2D eigenvalue weighted by Gasteiger charge is 2.37. The van der Waals surface area contributed by atoms with Crippen LogP contribution >= 0.6 is 23.6 Å². The number of benzene rings is 2. The summed E-state index contributed by atoms with van der Waals surface area (Å²) in [6.45, 7) is 0. The second-order valence-corrected chi connectivity index (χ2v) is 9.13. The van der Waals surface area contributed by atoms with E-state index in [1.807, 2.05) is 66.7 Å². The molecule has 3 aromatic heterocycles. The SMILES string of the molecule is COC(=O)[C@@H](C(=O)C(=O)Nc1nc(=S)[nH][nH]1)c1csc(-n2nc(-c3ccccc3)cc2-c2ccccc2)n1. The number of methoxy groups -OCH3 is 1. The van der Waals surface area contributed by atoms with Gasteiger partial charge in [-0.3, -0.25) is 29.9 Å². The van der Waals surface area contributed by atoms with E-state index in [1.54, 1.807) is 4.68 Å². The minimum Gasteiger partial charge on any atom is -0.468 e. The van der Waals surface area contributed by atoms with E-state index < -0.39 is 23.6 Å². The van der Waals surface area contributed by atoms with Crippen molar-refractivity contribution in [3.63, 3.8) is 0 Å². The van der Waals surface area contributed by atoms with E-state index in [0.717, 1.165) is 29.6 Å². The van der Waals surface area contributed by atoms with Gasteiger partial charge in [-0.1, -0.05) is 60.7 Å². The first-order chi connectivity index (χ1) is 18.4. The number of nitrogens with zero attached hydrogens (tertiary/aromatic N) is 4. The van der Waals surface area contributed by atoms with Gasteiger partial charge in [0, 0.05) is 16.5 Å². The summed E-state index contributed by atoms with van der Waals surface area (Å²) in [5.41, 5.74) is 3.35. The van der Waals surface area contributed by atoms with Gasteiger partial charge in [0.25, 0.3) is 5.91 Å². The number of esters is 1. The topological polar surface area (TPSA) is 148 Å². The molecule has 0 radical (unpaired) electrons. The molecule has 0 unspecified atom stereocenters. The third-order valence-electron chi connectivity index (χ3n) is 5.49. The van der Waals surface area contributed by atoms with E-state index >= 15 is 0 Å². The Bertz CT molecular complexity index is 1670. The minimum atomic E-state index is -1.59. The molecule has 0 aliphatic rings. The molecule has 11 nitrogen and oxygen atoms in total. The first-order valence-corrected chi connectivity index (χ1v) is 12.5. The van der Waals surface area contributed by atoms with Crippen LogP contribution < -0.4 is 5.32 Å². The molecule has 1 amide bonds. The number of H-pyrrole nitrogens is 2. The predicted octanol–water partition coefficient (Wildman–Crippen LogP) is 3.91. The number of ketones is 1. The number of hydrogen-bond acceptors (Lipinski definition) is 9. The fourth-order valence-corrected chi connectivity index (χ4v) is 4.66. The highest BCUT2D eigenvalue weighted by atomic mass is 32.1.